The van der Waals surface area contributed by atoms with Gasteiger partial charge in [-0.2, -0.15) is 11.8 Å². The standard InChI is InChI=1S/C16H22N2O2S2/c1-13(15-7-4-11-22-15)18(2)16(19)17-8-5-10-21-12-14-6-3-9-20-14/h3-4,6-7,9,11,13H,5,8,10,12H2,1-2H3,(H,17,19)/t13-/m1/s1. The van der Waals surface area contributed by atoms with E-state index >= 15 is 0 Å². The summed E-state index contributed by atoms with van der Waals surface area (Å²) < 4.78 is 5.28. The Balaban J connectivity index is 1.59. The fourth-order valence-corrected chi connectivity index (χ4v) is 3.64. The summed E-state index contributed by atoms with van der Waals surface area (Å²) in [5.74, 6) is 2.89. The number of nitrogens with zero attached hydrogens (tertiary/aromatic N) is 1. The molecule has 2 heterocycles. The van der Waals surface area contributed by atoms with Gasteiger partial charge >= 0.3 is 6.03 Å². The van der Waals surface area contributed by atoms with Crippen molar-refractivity contribution >= 4 is 29.1 Å². The van der Waals surface area contributed by atoms with Gasteiger partial charge in [0.15, 0.2) is 0 Å². The molecule has 0 spiro atoms. The minimum atomic E-state index is -0.0167. The maximum Gasteiger partial charge on any atom is 0.317 e. The molecule has 0 aromatic carbocycles. The van der Waals surface area contributed by atoms with E-state index in [4.69, 9.17) is 4.42 Å². The quantitative estimate of drug-likeness (QED) is 0.727. The number of hydrogen-bond donors (Lipinski definition) is 1. The molecule has 0 aliphatic rings. The van der Waals surface area contributed by atoms with Crippen molar-refractivity contribution in [1.29, 1.82) is 0 Å². The molecule has 0 unspecified atom stereocenters. The lowest BCUT2D eigenvalue weighted by Gasteiger charge is -2.24. The van der Waals surface area contributed by atoms with E-state index in [-0.39, 0.29) is 12.1 Å². The van der Waals surface area contributed by atoms with Gasteiger partial charge in [0.2, 0.25) is 0 Å². The number of thiophene rings is 1. The maximum absolute atomic E-state index is 12.1. The summed E-state index contributed by atoms with van der Waals surface area (Å²) in [6, 6.07) is 8.05. The van der Waals surface area contributed by atoms with Gasteiger partial charge in [0, 0.05) is 18.5 Å². The summed E-state index contributed by atoms with van der Waals surface area (Å²) in [4.78, 5) is 15.0. The highest BCUT2D eigenvalue weighted by Gasteiger charge is 2.17. The largest absolute Gasteiger partial charge is 0.468 e. The van der Waals surface area contributed by atoms with Crippen LogP contribution in [-0.2, 0) is 5.75 Å². The van der Waals surface area contributed by atoms with E-state index < -0.39 is 0 Å². The van der Waals surface area contributed by atoms with Gasteiger partial charge in [-0.05, 0) is 42.7 Å². The van der Waals surface area contributed by atoms with Crippen LogP contribution in [0, 0.1) is 0 Å². The monoisotopic (exact) mass is 338 g/mol. The van der Waals surface area contributed by atoms with Crippen molar-refractivity contribution < 1.29 is 9.21 Å². The third kappa shape index (κ3) is 5.10. The molecule has 0 aliphatic carbocycles. The highest BCUT2D eigenvalue weighted by atomic mass is 32.2. The van der Waals surface area contributed by atoms with Crippen LogP contribution in [0.1, 0.15) is 30.0 Å². The fourth-order valence-electron chi connectivity index (χ4n) is 1.96. The van der Waals surface area contributed by atoms with E-state index in [1.807, 2.05) is 49.3 Å². The number of urea groups is 1. The van der Waals surface area contributed by atoms with Gasteiger partial charge in [0.1, 0.15) is 5.76 Å². The molecule has 0 fully saturated rings. The third-order valence-electron chi connectivity index (χ3n) is 3.42. The summed E-state index contributed by atoms with van der Waals surface area (Å²) in [6.07, 6.45) is 2.65. The molecule has 1 N–H and O–H groups in total. The topological polar surface area (TPSA) is 45.5 Å². The Hall–Kier alpha value is -1.40. The first-order chi connectivity index (χ1) is 10.7. The van der Waals surface area contributed by atoms with E-state index in [0.29, 0.717) is 6.54 Å². The molecule has 2 aromatic heterocycles. The first kappa shape index (κ1) is 17.0. The molecule has 0 bridgehead atoms. The Bertz CT molecular complexity index is 541. The Kier molecular flexibility index (Phi) is 6.86. The molecule has 2 amide bonds. The van der Waals surface area contributed by atoms with E-state index in [2.05, 4.69) is 11.4 Å². The van der Waals surface area contributed by atoms with Crippen LogP contribution in [0.4, 0.5) is 4.79 Å². The van der Waals surface area contributed by atoms with Gasteiger partial charge in [-0.3, -0.25) is 0 Å². The average Bonchev–Trinajstić information content (AvgIpc) is 3.21. The molecule has 2 rings (SSSR count). The zero-order chi connectivity index (χ0) is 15.8. The van der Waals surface area contributed by atoms with Crippen molar-refractivity contribution in [1.82, 2.24) is 10.2 Å². The van der Waals surface area contributed by atoms with Crippen molar-refractivity contribution in [2.45, 2.75) is 25.1 Å². The molecule has 120 valence electrons. The van der Waals surface area contributed by atoms with Gasteiger partial charge in [-0.1, -0.05) is 6.07 Å². The second-order valence-corrected chi connectivity index (χ2v) is 7.10. The zero-order valence-electron chi connectivity index (χ0n) is 13.0. The minimum Gasteiger partial charge on any atom is -0.468 e. The summed E-state index contributed by atoms with van der Waals surface area (Å²) in [5.41, 5.74) is 0. The molecule has 4 nitrogen and oxygen atoms in total. The van der Waals surface area contributed by atoms with Gasteiger partial charge < -0.3 is 14.6 Å². The van der Waals surface area contributed by atoms with Crippen molar-refractivity contribution in [3.8, 4) is 0 Å². The Morgan fingerprint density at radius 3 is 3.00 bits per heavy atom. The number of carbonyl (C=O) groups is 1. The fraction of sp³-hybridized carbons (Fsp3) is 0.438. The zero-order valence-corrected chi connectivity index (χ0v) is 14.6. The predicted octanol–water partition coefficient (Wildman–Crippen LogP) is 4.37. The normalized spacial score (nSPS) is 12.1. The number of hydrogen-bond acceptors (Lipinski definition) is 4. The van der Waals surface area contributed by atoms with Crippen molar-refractivity contribution in [3.63, 3.8) is 0 Å². The van der Waals surface area contributed by atoms with Crippen molar-refractivity contribution in [2.24, 2.45) is 0 Å². The molecule has 1 atom stereocenters. The summed E-state index contributed by atoms with van der Waals surface area (Å²) in [7, 11) is 1.84. The molecular formula is C16H22N2O2S2. The van der Waals surface area contributed by atoms with E-state index in [0.717, 1.165) is 23.7 Å². The maximum atomic E-state index is 12.1. The number of carbonyl (C=O) groups excluding carboxylic acids is 1. The third-order valence-corrected chi connectivity index (χ3v) is 5.53. The Morgan fingerprint density at radius 1 is 1.45 bits per heavy atom. The summed E-state index contributed by atoms with van der Waals surface area (Å²) in [5, 5.41) is 5.01. The number of thioether (sulfide) groups is 1. The minimum absolute atomic E-state index is 0.0167. The van der Waals surface area contributed by atoms with Crippen LogP contribution in [0.3, 0.4) is 0 Å². The van der Waals surface area contributed by atoms with Crippen LogP contribution in [0.5, 0.6) is 0 Å². The highest BCUT2D eigenvalue weighted by molar-refractivity contribution is 7.98. The molecular weight excluding hydrogens is 316 g/mol. The van der Waals surface area contributed by atoms with E-state index in [9.17, 15) is 4.79 Å². The molecule has 22 heavy (non-hydrogen) atoms. The van der Waals surface area contributed by atoms with Crippen LogP contribution in [-0.4, -0.2) is 30.3 Å². The lowest BCUT2D eigenvalue weighted by atomic mass is 10.2. The van der Waals surface area contributed by atoms with E-state index in [1.54, 1.807) is 22.5 Å². The van der Waals surface area contributed by atoms with Crippen LogP contribution < -0.4 is 5.32 Å². The van der Waals surface area contributed by atoms with Gasteiger partial charge in [0.05, 0.1) is 18.1 Å². The highest BCUT2D eigenvalue weighted by Crippen LogP contribution is 2.23. The molecule has 0 saturated carbocycles. The molecule has 6 heteroatoms. The summed E-state index contributed by atoms with van der Waals surface area (Å²) in [6.45, 7) is 2.75. The SMILES string of the molecule is C[C@H](c1cccs1)N(C)C(=O)NCCCSCc1ccco1. The predicted molar refractivity (Wildman–Crippen MR) is 93.4 cm³/mol. The molecule has 0 radical (unpaired) electrons. The van der Waals surface area contributed by atoms with Crippen molar-refractivity contribution in [3.05, 3.63) is 46.5 Å². The smallest absolute Gasteiger partial charge is 0.317 e. The van der Waals surface area contributed by atoms with Gasteiger partial charge in [-0.25, -0.2) is 4.79 Å². The van der Waals surface area contributed by atoms with Gasteiger partial charge in [-0.15, -0.1) is 11.3 Å². The second-order valence-electron chi connectivity index (χ2n) is 5.02. The second kappa shape index (κ2) is 8.90. The van der Waals surface area contributed by atoms with E-state index in [1.165, 1.54) is 4.88 Å². The van der Waals surface area contributed by atoms with Crippen LogP contribution in [0.25, 0.3) is 0 Å². The first-order valence-electron chi connectivity index (χ1n) is 7.32. The Morgan fingerprint density at radius 2 is 2.32 bits per heavy atom. The Labute approximate surface area is 139 Å². The van der Waals surface area contributed by atoms with Crippen LogP contribution in [0.15, 0.2) is 40.3 Å². The number of amides is 2. The van der Waals surface area contributed by atoms with Crippen LogP contribution in [0.2, 0.25) is 0 Å². The summed E-state index contributed by atoms with van der Waals surface area (Å²) >= 11 is 3.49. The first-order valence-corrected chi connectivity index (χ1v) is 9.36. The number of nitrogens with one attached hydrogen (secondary N) is 1. The molecule has 0 aliphatic heterocycles. The number of furan rings is 1. The lowest BCUT2D eigenvalue weighted by Crippen LogP contribution is -2.39. The lowest BCUT2D eigenvalue weighted by molar-refractivity contribution is 0.195. The number of rotatable bonds is 8. The molecule has 2 aromatic rings. The van der Waals surface area contributed by atoms with Crippen LogP contribution >= 0.6 is 23.1 Å². The average molecular weight is 338 g/mol. The van der Waals surface area contributed by atoms with Crippen molar-refractivity contribution in [2.75, 3.05) is 19.3 Å². The molecule has 0 saturated heterocycles. The van der Waals surface area contributed by atoms with Gasteiger partial charge in [0.25, 0.3) is 0 Å².